The number of nitrogens with zero attached hydrogens (tertiary/aromatic N) is 6. The lowest BCUT2D eigenvalue weighted by molar-refractivity contribution is -0.113. The number of hydrogen-bond acceptors (Lipinski definition) is 8. The van der Waals surface area contributed by atoms with Gasteiger partial charge in [0.1, 0.15) is 5.01 Å². The Labute approximate surface area is 111 Å². The largest absolute Gasteiger partial charge is 0.300 e. The average molecular weight is 285 g/mol. The van der Waals surface area contributed by atoms with E-state index in [0.29, 0.717) is 16.8 Å². The maximum Gasteiger partial charge on any atom is 0.236 e. The van der Waals surface area contributed by atoms with Crippen molar-refractivity contribution >= 4 is 34.1 Å². The van der Waals surface area contributed by atoms with Crippen LogP contribution in [0.15, 0.2) is 5.16 Å². The second-order valence-electron chi connectivity index (χ2n) is 3.24. The summed E-state index contributed by atoms with van der Waals surface area (Å²) >= 11 is 2.62. The minimum Gasteiger partial charge on any atom is -0.300 e. The molecule has 0 aliphatic rings. The number of tetrazole rings is 1. The highest BCUT2D eigenvalue weighted by molar-refractivity contribution is 7.99. The first-order chi connectivity index (χ1) is 8.69. The first-order valence-corrected chi connectivity index (χ1v) is 6.98. The predicted molar refractivity (Wildman–Crippen MR) is 67.5 cm³/mol. The van der Waals surface area contributed by atoms with Crippen molar-refractivity contribution in [3.63, 3.8) is 0 Å². The molecule has 10 heteroatoms. The molecule has 8 nitrogen and oxygen atoms in total. The Bertz CT molecular complexity index is 537. The van der Waals surface area contributed by atoms with Crippen LogP contribution in [0.25, 0.3) is 0 Å². The van der Waals surface area contributed by atoms with E-state index >= 15 is 0 Å². The van der Waals surface area contributed by atoms with Gasteiger partial charge in [0.25, 0.3) is 0 Å². The van der Waals surface area contributed by atoms with Gasteiger partial charge in [-0.3, -0.25) is 10.1 Å². The molecule has 0 spiro atoms. The molecule has 0 aliphatic heterocycles. The van der Waals surface area contributed by atoms with Gasteiger partial charge in [0.05, 0.1) is 5.75 Å². The zero-order valence-electron chi connectivity index (χ0n) is 9.82. The first-order valence-electron chi connectivity index (χ1n) is 5.18. The number of hydrogen-bond donors (Lipinski definition) is 1. The number of aromatic nitrogens is 6. The van der Waals surface area contributed by atoms with E-state index < -0.39 is 0 Å². The number of nitrogens with one attached hydrogen (secondary N) is 1. The van der Waals surface area contributed by atoms with Gasteiger partial charge in [0.2, 0.25) is 16.2 Å². The Hall–Kier alpha value is -1.55. The van der Waals surface area contributed by atoms with E-state index in [-0.39, 0.29) is 11.7 Å². The van der Waals surface area contributed by atoms with Gasteiger partial charge in [0, 0.05) is 6.54 Å². The second kappa shape index (κ2) is 5.87. The summed E-state index contributed by atoms with van der Waals surface area (Å²) in [5.74, 6) is 0.0840. The van der Waals surface area contributed by atoms with Crippen LogP contribution in [0.5, 0.6) is 0 Å². The summed E-state index contributed by atoms with van der Waals surface area (Å²) in [5.41, 5.74) is 0. The molecule has 0 radical (unpaired) electrons. The van der Waals surface area contributed by atoms with Crippen LogP contribution in [0.1, 0.15) is 11.9 Å². The average Bonchev–Trinajstić information content (AvgIpc) is 2.95. The molecule has 0 fully saturated rings. The Balaban J connectivity index is 1.85. The summed E-state index contributed by atoms with van der Waals surface area (Å²) in [6.45, 7) is 4.44. The molecule has 2 heterocycles. The van der Waals surface area contributed by atoms with Crippen LogP contribution in [0, 0.1) is 6.92 Å². The number of amides is 1. The normalized spacial score (nSPS) is 10.6. The van der Waals surface area contributed by atoms with E-state index in [9.17, 15) is 4.79 Å². The van der Waals surface area contributed by atoms with Crippen LogP contribution in [0.3, 0.4) is 0 Å². The van der Waals surface area contributed by atoms with E-state index in [2.05, 4.69) is 31.0 Å². The third kappa shape index (κ3) is 3.23. The summed E-state index contributed by atoms with van der Waals surface area (Å²) in [6, 6.07) is 0. The lowest BCUT2D eigenvalue weighted by atomic mass is 10.7. The molecular formula is C8H11N7OS2. The molecule has 2 aromatic heterocycles. The van der Waals surface area contributed by atoms with E-state index in [1.165, 1.54) is 23.1 Å². The lowest BCUT2D eigenvalue weighted by Crippen LogP contribution is -2.14. The Morgan fingerprint density at radius 1 is 1.44 bits per heavy atom. The van der Waals surface area contributed by atoms with Gasteiger partial charge >= 0.3 is 0 Å². The van der Waals surface area contributed by atoms with Crippen LogP contribution >= 0.6 is 23.1 Å². The molecule has 18 heavy (non-hydrogen) atoms. The van der Waals surface area contributed by atoms with Crippen molar-refractivity contribution in [3.05, 3.63) is 5.01 Å². The Morgan fingerprint density at radius 3 is 2.94 bits per heavy atom. The minimum atomic E-state index is -0.151. The molecule has 1 amide bonds. The van der Waals surface area contributed by atoms with Gasteiger partial charge in [-0.25, -0.2) is 4.68 Å². The van der Waals surface area contributed by atoms with Crippen molar-refractivity contribution < 1.29 is 4.79 Å². The molecule has 0 bridgehead atoms. The summed E-state index contributed by atoms with van der Waals surface area (Å²) in [6.07, 6.45) is 0. The van der Waals surface area contributed by atoms with Crippen LogP contribution in [-0.4, -0.2) is 42.1 Å². The lowest BCUT2D eigenvalue weighted by Gasteiger charge is -2.01. The molecule has 1 N–H and O–H groups in total. The van der Waals surface area contributed by atoms with Gasteiger partial charge in [-0.1, -0.05) is 23.1 Å². The van der Waals surface area contributed by atoms with Crippen LogP contribution in [0.4, 0.5) is 5.13 Å². The zero-order valence-corrected chi connectivity index (χ0v) is 11.5. The monoisotopic (exact) mass is 285 g/mol. The van der Waals surface area contributed by atoms with Crippen molar-refractivity contribution in [2.24, 2.45) is 0 Å². The fourth-order valence-electron chi connectivity index (χ4n) is 1.13. The highest BCUT2D eigenvalue weighted by atomic mass is 32.2. The molecular weight excluding hydrogens is 274 g/mol. The molecule has 0 unspecified atom stereocenters. The molecule has 0 saturated carbocycles. The molecule has 0 saturated heterocycles. The number of carbonyl (C=O) groups is 1. The highest BCUT2D eigenvalue weighted by Gasteiger charge is 2.10. The van der Waals surface area contributed by atoms with E-state index in [4.69, 9.17) is 0 Å². The Kier molecular flexibility index (Phi) is 4.20. The number of thioether (sulfide) groups is 1. The van der Waals surface area contributed by atoms with E-state index in [0.717, 1.165) is 5.01 Å². The summed E-state index contributed by atoms with van der Waals surface area (Å²) in [4.78, 5) is 11.6. The van der Waals surface area contributed by atoms with Gasteiger partial charge < -0.3 is 0 Å². The predicted octanol–water partition coefficient (Wildman–Crippen LogP) is 0.584. The smallest absolute Gasteiger partial charge is 0.236 e. The molecule has 96 valence electrons. The molecule has 0 aliphatic carbocycles. The molecule has 2 aromatic rings. The van der Waals surface area contributed by atoms with Crippen LogP contribution in [0.2, 0.25) is 0 Å². The van der Waals surface area contributed by atoms with Crippen LogP contribution in [-0.2, 0) is 11.3 Å². The third-order valence-corrected chi connectivity index (χ3v) is 3.61. The molecule has 0 atom stereocenters. The maximum atomic E-state index is 11.6. The summed E-state index contributed by atoms with van der Waals surface area (Å²) in [5, 5.41) is 23.4. The van der Waals surface area contributed by atoms with Gasteiger partial charge in [-0.15, -0.1) is 15.3 Å². The van der Waals surface area contributed by atoms with E-state index in [1.54, 1.807) is 4.68 Å². The topological polar surface area (TPSA) is 98.5 Å². The summed E-state index contributed by atoms with van der Waals surface area (Å²) in [7, 11) is 0. The van der Waals surface area contributed by atoms with Crippen LogP contribution < -0.4 is 5.32 Å². The highest BCUT2D eigenvalue weighted by Crippen LogP contribution is 2.16. The number of carbonyl (C=O) groups excluding carboxylic acids is 1. The zero-order chi connectivity index (χ0) is 13.0. The van der Waals surface area contributed by atoms with Crippen molar-refractivity contribution in [2.45, 2.75) is 25.5 Å². The van der Waals surface area contributed by atoms with Gasteiger partial charge in [-0.05, 0) is 24.3 Å². The van der Waals surface area contributed by atoms with Gasteiger partial charge in [0.15, 0.2) is 0 Å². The van der Waals surface area contributed by atoms with Gasteiger partial charge in [-0.2, -0.15) is 0 Å². The van der Waals surface area contributed by atoms with Crippen molar-refractivity contribution in [2.75, 3.05) is 11.1 Å². The first kappa shape index (κ1) is 12.9. The quantitative estimate of drug-likeness (QED) is 0.802. The number of aryl methyl sites for hydroxylation is 2. The Morgan fingerprint density at radius 2 is 2.28 bits per heavy atom. The third-order valence-electron chi connectivity index (χ3n) is 1.90. The standard InChI is InChI=1S/C8H11N7OS2/c1-3-15-8(12-13-14-15)17-4-6(16)9-7-11-10-5(2)18-7/h3-4H2,1-2H3,(H,9,11,16). The van der Waals surface area contributed by atoms with Crippen molar-refractivity contribution in [3.8, 4) is 0 Å². The fourth-order valence-corrected chi connectivity index (χ4v) is 2.48. The fraction of sp³-hybridized carbons (Fsp3) is 0.500. The SMILES string of the molecule is CCn1nnnc1SCC(=O)Nc1nnc(C)s1. The second-order valence-corrected chi connectivity index (χ2v) is 5.36. The van der Waals surface area contributed by atoms with E-state index in [1.807, 2.05) is 13.8 Å². The number of rotatable bonds is 5. The van der Waals surface area contributed by atoms with Crippen molar-refractivity contribution in [1.29, 1.82) is 0 Å². The molecule has 0 aromatic carbocycles. The molecule has 2 rings (SSSR count). The summed E-state index contributed by atoms with van der Waals surface area (Å²) < 4.78 is 1.63. The maximum absolute atomic E-state index is 11.6. The van der Waals surface area contributed by atoms with Crippen molar-refractivity contribution in [1.82, 2.24) is 30.4 Å². The number of anilines is 1. The minimum absolute atomic E-state index is 0.151.